The Labute approximate surface area is 127 Å². The first-order valence-corrected chi connectivity index (χ1v) is 7.38. The number of hydrogen-bond acceptors (Lipinski definition) is 4. The molecular weight excluding hydrogens is 294 g/mol. The Bertz CT molecular complexity index is 593. The lowest BCUT2D eigenvalue weighted by molar-refractivity contribution is -0.385. The molecule has 1 aromatic carbocycles. The van der Waals surface area contributed by atoms with Crippen LogP contribution in [0, 0.1) is 10.1 Å². The molecule has 2 heterocycles. The summed E-state index contributed by atoms with van der Waals surface area (Å²) in [5.41, 5.74) is 5.75. The van der Waals surface area contributed by atoms with Crippen LogP contribution in [0.2, 0.25) is 5.02 Å². The van der Waals surface area contributed by atoms with Crippen LogP contribution in [0.1, 0.15) is 36.0 Å². The van der Waals surface area contributed by atoms with Crippen LogP contribution in [-0.4, -0.2) is 33.9 Å². The Morgan fingerprint density at radius 1 is 1.33 bits per heavy atom. The number of nitro groups is 1. The van der Waals surface area contributed by atoms with Crippen LogP contribution in [0.15, 0.2) is 18.2 Å². The first kappa shape index (κ1) is 14.3. The quantitative estimate of drug-likeness (QED) is 0.670. The third-order valence-electron chi connectivity index (χ3n) is 4.41. The largest absolute Gasteiger partial charge is 0.332 e. The number of piperidine rings is 1. The number of rotatable bonds is 2. The molecule has 2 saturated heterocycles. The predicted molar refractivity (Wildman–Crippen MR) is 78.3 cm³/mol. The van der Waals surface area contributed by atoms with Crippen LogP contribution in [-0.2, 0) is 0 Å². The molecule has 112 valence electrons. The van der Waals surface area contributed by atoms with Crippen molar-refractivity contribution >= 4 is 23.2 Å². The van der Waals surface area contributed by atoms with Crippen molar-refractivity contribution in [2.45, 2.75) is 43.8 Å². The van der Waals surface area contributed by atoms with Gasteiger partial charge in [-0.15, -0.1) is 0 Å². The lowest BCUT2D eigenvalue weighted by Gasteiger charge is -2.37. The van der Waals surface area contributed by atoms with Gasteiger partial charge in [0, 0.05) is 24.2 Å². The van der Waals surface area contributed by atoms with Gasteiger partial charge in [0.2, 0.25) is 0 Å². The summed E-state index contributed by atoms with van der Waals surface area (Å²) in [6.45, 7) is 0. The van der Waals surface area contributed by atoms with Gasteiger partial charge in [-0.2, -0.15) is 0 Å². The summed E-state index contributed by atoms with van der Waals surface area (Å²) in [6.07, 6.45) is 3.31. The third kappa shape index (κ3) is 2.38. The molecular formula is C14H16ClN3O3. The number of hydrogen-bond donors (Lipinski definition) is 1. The van der Waals surface area contributed by atoms with Crippen molar-refractivity contribution in [2.75, 3.05) is 0 Å². The Hall–Kier alpha value is -1.66. The van der Waals surface area contributed by atoms with E-state index in [4.69, 9.17) is 17.3 Å². The van der Waals surface area contributed by atoms with Crippen molar-refractivity contribution in [1.29, 1.82) is 0 Å². The normalized spacial score (nSPS) is 27.7. The minimum absolute atomic E-state index is 0.00321. The molecule has 0 aromatic heterocycles. The van der Waals surface area contributed by atoms with Gasteiger partial charge in [-0.1, -0.05) is 17.7 Å². The van der Waals surface area contributed by atoms with Gasteiger partial charge in [0.1, 0.15) is 5.56 Å². The highest BCUT2D eigenvalue weighted by molar-refractivity contribution is 6.34. The zero-order chi connectivity index (χ0) is 15.1. The molecule has 2 N–H and O–H groups in total. The fourth-order valence-corrected chi connectivity index (χ4v) is 3.81. The number of nitro benzene ring substituents is 1. The van der Waals surface area contributed by atoms with E-state index in [9.17, 15) is 14.9 Å². The highest BCUT2D eigenvalue weighted by Gasteiger charge is 2.44. The monoisotopic (exact) mass is 309 g/mol. The SMILES string of the molecule is NC1CC2CCC(C1)N2C(=O)c1c(Cl)cccc1[N+](=O)[O-]. The first-order chi connectivity index (χ1) is 9.99. The summed E-state index contributed by atoms with van der Waals surface area (Å²) >= 11 is 6.06. The number of carbonyl (C=O) groups excluding carboxylic acids is 1. The minimum Gasteiger partial charge on any atom is -0.332 e. The molecule has 2 aliphatic rings. The number of halogens is 1. The van der Waals surface area contributed by atoms with E-state index in [1.807, 2.05) is 0 Å². The Balaban J connectivity index is 1.99. The predicted octanol–water partition coefficient (Wildman–Crippen LogP) is 2.34. The second-order valence-electron chi connectivity index (χ2n) is 5.72. The minimum atomic E-state index is -0.559. The van der Waals surface area contributed by atoms with E-state index in [2.05, 4.69) is 0 Å². The van der Waals surface area contributed by atoms with Gasteiger partial charge >= 0.3 is 0 Å². The average Bonchev–Trinajstić information content (AvgIpc) is 2.70. The summed E-state index contributed by atoms with van der Waals surface area (Å²) in [7, 11) is 0. The number of carbonyl (C=O) groups is 1. The molecule has 3 rings (SSSR count). The number of amides is 1. The lowest BCUT2D eigenvalue weighted by Crippen LogP contribution is -2.50. The van der Waals surface area contributed by atoms with E-state index in [-0.39, 0.29) is 40.3 Å². The van der Waals surface area contributed by atoms with Gasteiger partial charge < -0.3 is 10.6 Å². The zero-order valence-electron chi connectivity index (χ0n) is 11.4. The second-order valence-corrected chi connectivity index (χ2v) is 6.13. The third-order valence-corrected chi connectivity index (χ3v) is 4.72. The van der Waals surface area contributed by atoms with Crippen molar-refractivity contribution < 1.29 is 9.72 Å². The van der Waals surface area contributed by atoms with E-state index in [1.165, 1.54) is 18.2 Å². The van der Waals surface area contributed by atoms with E-state index in [0.29, 0.717) is 0 Å². The Morgan fingerprint density at radius 3 is 2.52 bits per heavy atom. The Kier molecular flexibility index (Phi) is 3.59. The second kappa shape index (κ2) is 5.27. The van der Waals surface area contributed by atoms with Gasteiger partial charge in [0.15, 0.2) is 0 Å². The topological polar surface area (TPSA) is 89.5 Å². The highest BCUT2D eigenvalue weighted by atomic mass is 35.5. The fraction of sp³-hybridized carbons (Fsp3) is 0.500. The van der Waals surface area contributed by atoms with E-state index in [1.54, 1.807) is 4.90 Å². The molecule has 0 aliphatic carbocycles. The van der Waals surface area contributed by atoms with Gasteiger partial charge in [-0.05, 0) is 31.7 Å². The molecule has 0 radical (unpaired) electrons. The molecule has 21 heavy (non-hydrogen) atoms. The van der Waals surface area contributed by atoms with Crippen molar-refractivity contribution in [2.24, 2.45) is 5.73 Å². The Morgan fingerprint density at radius 2 is 1.95 bits per heavy atom. The van der Waals surface area contributed by atoms with Gasteiger partial charge in [-0.25, -0.2) is 0 Å². The van der Waals surface area contributed by atoms with E-state index < -0.39 is 4.92 Å². The first-order valence-electron chi connectivity index (χ1n) is 7.00. The van der Waals surface area contributed by atoms with Crippen molar-refractivity contribution in [3.05, 3.63) is 38.9 Å². The van der Waals surface area contributed by atoms with Gasteiger partial charge in [0.05, 0.1) is 9.95 Å². The summed E-state index contributed by atoms with van der Waals surface area (Å²) in [6, 6.07) is 4.56. The summed E-state index contributed by atoms with van der Waals surface area (Å²) in [5.74, 6) is -0.341. The molecule has 7 heteroatoms. The molecule has 1 amide bonds. The molecule has 0 spiro atoms. The fourth-order valence-electron chi connectivity index (χ4n) is 3.56. The van der Waals surface area contributed by atoms with Gasteiger partial charge in [0.25, 0.3) is 11.6 Å². The molecule has 2 bridgehead atoms. The molecule has 6 nitrogen and oxygen atoms in total. The van der Waals surface area contributed by atoms with E-state index >= 15 is 0 Å². The number of nitrogens with zero attached hydrogens (tertiary/aromatic N) is 2. The summed E-state index contributed by atoms with van der Waals surface area (Å²) in [4.78, 5) is 25.2. The standard InChI is InChI=1S/C14H16ClN3O3/c15-11-2-1-3-12(18(20)21)13(11)14(19)17-9-4-5-10(17)7-8(16)6-9/h1-3,8-10H,4-7,16H2. The van der Waals surface area contributed by atoms with Crippen LogP contribution in [0.3, 0.4) is 0 Å². The summed E-state index contributed by atoms with van der Waals surface area (Å²) in [5, 5.41) is 11.3. The van der Waals surface area contributed by atoms with Crippen LogP contribution < -0.4 is 5.73 Å². The van der Waals surface area contributed by atoms with Crippen LogP contribution in [0.5, 0.6) is 0 Å². The van der Waals surface area contributed by atoms with E-state index in [0.717, 1.165) is 25.7 Å². The number of nitrogens with two attached hydrogens (primary N) is 1. The maximum atomic E-state index is 12.8. The van der Waals surface area contributed by atoms with Gasteiger partial charge in [-0.3, -0.25) is 14.9 Å². The molecule has 0 saturated carbocycles. The molecule has 2 aliphatic heterocycles. The molecule has 2 atom stereocenters. The highest BCUT2D eigenvalue weighted by Crippen LogP contribution is 2.38. The zero-order valence-corrected chi connectivity index (χ0v) is 12.1. The number of fused-ring (bicyclic) bond motifs is 2. The lowest BCUT2D eigenvalue weighted by atomic mass is 9.97. The van der Waals surface area contributed by atoms with Crippen molar-refractivity contribution in [1.82, 2.24) is 4.90 Å². The van der Waals surface area contributed by atoms with Crippen LogP contribution >= 0.6 is 11.6 Å². The van der Waals surface area contributed by atoms with Crippen molar-refractivity contribution in [3.63, 3.8) is 0 Å². The molecule has 2 unspecified atom stereocenters. The number of benzene rings is 1. The van der Waals surface area contributed by atoms with Crippen molar-refractivity contribution in [3.8, 4) is 0 Å². The molecule has 1 aromatic rings. The maximum absolute atomic E-state index is 12.8. The van der Waals surface area contributed by atoms with Crippen LogP contribution in [0.25, 0.3) is 0 Å². The smallest absolute Gasteiger partial charge is 0.283 e. The molecule has 2 fully saturated rings. The maximum Gasteiger partial charge on any atom is 0.283 e. The summed E-state index contributed by atoms with van der Waals surface area (Å²) < 4.78 is 0. The van der Waals surface area contributed by atoms with Crippen LogP contribution in [0.4, 0.5) is 5.69 Å². The average molecular weight is 310 g/mol.